The summed E-state index contributed by atoms with van der Waals surface area (Å²) in [6.07, 6.45) is -3.83. The van der Waals surface area contributed by atoms with Crippen LogP contribution in [0.1, 0.15) is 17.8 Å². The van der Waals surface area contributed by atoms with E-state index in [9.17, 15) is 13.2 Å². The van der Waals surface area contributed by atoms with Crippen molar-refractivity contribution in [2.75, 3.05) is 27.7 Å². The van der Waals surface area contributed by atoms with Gasteiger partial charge in [-0.15, -0.1) is 5.10 Å². The van der Waals surface area contributed by atoms with Gasteiger partial charge in [-0.3, -0.25) is 0 Å². The smallest absolute Gasteiger partial charge is 0.314 e. The van der Waals surface area contributed by atoms with Gasteiger partial charge in [0.25, 0.3) is 0 Å². The fourth-order valence-electron chi connectivity index (χ4n) is 1.64. The molecule has 1 aromatic heterocycles. The van der Waals surface area contributed by atoms with E-state index in [-0.39, 0.29) is 18.8 Å². The Hall–Kier alpha value is -1.15. The number of halogens is 3. The summed E-state index contributed by atoms with van der Waals surface area (Å²) in [6.45, 7) is 0.977. The molecule has 0 saturated carbocycles. The lowest BCUT2D eigenvalue weighted by molar-refractivity contribution is -0.145. The summed E-state index contributed by atoms with van der Waals surface area (Å²) in [5.41, 5.74) is -0.814. The molecule has 5 nitrogen and oxygen atoms in total. The largest absolute Gasteiger partial charge is 0.434 e. The third-order valence-corrected chi connectivity index (χ3v) is 2.39. The molecule has 0 unspecified atom stereocenters. The Balaban J connectivity index is 2.84. The minimum atomic E-state index is -4.42. The molecule has 0 aliphatic rings. The third kappa shape index (κ3) is 3.95. The van der Waals surface area contributed by atoms with Gasteiger partial charge in [-0.2, -0.15) is 13.2 Å². The van der Waals surface area contributed by atoms with E-state index in [1.807, 2.05) is 19.0 Å². The van der Waals surface area contributed by atoms with Crippen LogP contribution in [0.3, 0.4) is 0 Å². The van der Waals surface area contributed by atoms with Gasteiger partial charge >= 0.3 is 6.18 Å². The number of aromatic nitrogens is 3. The molecule has 104 valence electrons. The van der Waals surface area contributed by atoms with E-state index in [2.05, 4.69) is 15.6 Å². The summed E-state index contributed by atoms with van der Waals surface area (Å²) in [6, 6.07) is 0. The maximum Gasteiger partial charge on any atom is 0.434 e. The van der Waals surface area contributed by atoms with E-state index in [0.29, 0.717) is 13.0 Å². The van der Waals surface area contributed by atoms with Gasteiger partial charge in [0.05, 0.1) is 0 Å². The second kappa shape index (κ2) is 6.14. The molecule has 0 atom stereocenters. The fourth-order valence-corrected chi connectivity index (χ4v) is 1.64. The van der Waals surface area contributed by atoms with Crippen molar-refractivity contribution < 1.29 is 13.2 Å². The zero-order chi connectivity index (χ0) is 13.8. The van der Waals surface area contributed by atoms with Gasteiger partial charge in [-0.1, -0.05) is 5.21 Å². The molecule has 1 heterocycles. The quantitative estimate of drug-likeness (QED) is 0.832. The molecule has 18 heavy (non-hydrogen) atoms. The molecule has 0 amide bonds. The van der Waals surface area contributed by atoms with Gasteiger partial charge in [0.2, 0.25) is 0 Å². The van der Waals surface area contributed by atoms with Crippen molar-refractivity contribution in [3.63, 3.8) is 0 Å². The van der Waals surface area contributed by atoms with Gasteiger partial charge in [-0.25, -0.2) is 4.68 Å². The molecule has 0 radical (unpaired) electrons. The van der Waals surface area contributed by atoms with Crippen molar-refractivity contribution in [3.05, 3.63) is 11.4 Å². The van der Waals surface area contributed by atoms with Gasteiger partial charge in [0.15, 0.2) is 5.69 Å². The molecule has 8 heteroatoms. The van der Waals surface area contributed by atoms with E-state index < -0.39 is 11.9 Å². The number of nitrogens with one attached hydrogen (secondary N) is 1. The number of aryl methyl sites for hydroxylation is 1. The minimum absolute atomic E-state index is 0.0581. The van der Waals surface area contributed by atoms with E-state index >= 15 is 0 Å². The minimum Gasteiger partial charge on any atom is -0.314 e. The second-order valence-corrected chi connectivity index (χ2v) is 4.29. The van der Waals surface area contributed by atoms with E-state index in [1.54, 1.807) is 7.05 Å². The lowest BCUT2D eigenvalue weighted by Crippen LogP contribution is -2.21. The van der Waals surface area contributed by atoms with Crippen LogP contribution >= 0.6 is 0 Å². The topological polar surface area (TPSA) is 46.0 Å². The summed E-state index contributed by atoms with van der Waals surface area (Å²) in [5.74, 6) is 0. The molecular weight excluding hydrogens is 247 g/mol. The number of hydrogen-bond donors (Lipinski definition) is 1. The third-order valence-electron chi connectivity index (χ3n) is 2.39. The number of hydrogen-bond acceptors (Lipinski definition) is 4. The van der Waals surface area contributed by atoms with Crippen molar-refractivity contribution in [1.29, 1.82) is 0 Å². The van der Waals surface area contributed by atoms with E-state index in [0.717, 1.165) is 4.68 Å². The number of nitrogens with zero attached hydrogens (tertiary/aromatic N) is 4. The molecule has 1 aromatic rings. The van der Waals surface area contributed by atoms with Crippen LogP contribution in [0.25, 0.3) is 0 Å². The van der Waals surface area contributed by atoms with Crippen molar-refractivity contribution in [2.45, 2.75) is 25.7 Å². The fraction of sp³-hybridized carbons (Fsp3) is 0.800. The first-order valence-corrected chi connectivity index (χ1v) is 5.65. The molecule has 0 aromatic carbocycles. The summed E-state index contributed by atoms with van der Waals surface area (Å²) in [7, 11) is 5.32. The molecule has 0 aliphatic heterocycles. The first kappa shape index (κ1) is 14.9. The summed E-state index contributed by atoms with van der Waals surface area (Å²) < 4.78 is 39.7. The van der Waals surface area contributed by atoms with E-state index in [1.165, 1.54) is 0 Å². The highest BCUT2D eigenvalue weighted by Crippen LogP contribution is 2.31. The van der Waals surface area contributed by atoms with Gasteiger partial charge in [-0.05, 0) is 34.1 Å². The summed E-state index contributed by atoms with van der Waals surface area (Å²) in [4.78, 5) is 1.92. The van der Waals surface area contributed by atoms with Gasteiger partial charge < -0.3 is 10.2 Å². The molecule has 1 N–H and O–H groups in total. The Bertz CT molecular complexity index is 372. The van der Waals surface area contributed by atoms with Crippen molar-refractivity contribution >= 4 is 0 Å². The van der Waals surface area contributed by atoms with Crippen molar-refractivity contribution in [3.8, 4) is 0 Å². The summed E-state index contributed by atoms with van der Waals surface area (Å²) in [5, 5.41) is 9.83. The number of alkyl halides is 3. The SMILES string of the molecule is CNCc1nnn(CCCN(C)C)c1C(F)(F)F. The van der Waals surface area contributed by atoms with Crippen LogP contribution in [0.4, 0.5) is 13.2 Å². The molecular formula is C10H18F3N5. The Morgan fingerprint density at radius 3 is 2.50 bits per heavy atom. The average molecular weight is 265 g/mol. The normalized spacial score (nSPS) is 12.4. The highest BCUT2D eigenvalue weighted by atomic mass is 19.4. The molecule has 0 spiro atoms. The Morgan fingerprint density at radius 2 is 2.00 bits per heavy atom. The van der Waals surface area contributed by atoms with Crippen LogP contribution in [-0.4, -0.2) is 47.6 Å². The molecule has 0 aliphatic carbocycles. The van der Waals surface area contributed by atoms with Crippen LogP contribution in [0, 0.1) is 0 Å². The molecule has 0 fully saturated rings. The van der Waals surface area contributed by atoms with Gasteiger partial charge in [0, 0.05) is 13.1 Å². The number of rotatable bonds is 6. The lowest BCUT2D eigenvalue weighted by Gasteiger charge is -2.12. The van der Waals surface area contributed by atoms with E-state index in [4.69, 9.17) is 0 Å². The molecule has 1 rings (SSSR count). The van der Waals surface area contributed by atoms with Crippen molar-refractivity contribution in [2.24, 2.45) is 0 Å². The Kier molecular flexibility index (Phi) is 5.09. The lowest BCUT2D eigenvalue weighted by atomic mass is 10.3. The monoisotopic (exact) mass is 265 g/mol. The van der Waals surface area contributed by atoms with Crippen LogP contribution in [0.2, 0.25) is 0 Å². The molecule has 0 bridgehead atoms. The van der Waals surface area contributed by atoms with Crippen LogP contribution in [0.5, 0.6) is 0 Å². The van der Waals surface area contributed by atoms with Crippen LogP contribution in [0.15, 0.2) is 0 Å². The molecule has 0 saturated heterocycles. The maximum atomic E-state index is 12.9. The summed E-state index contributed by atoms with van der Waals surface area (Å²) >= 11 is 0. The van der Waals surface area contributed by atoms with Crippen molar-refractivity contribution in [1.82, 2.24) is 25.2 Å². The van der Waals surface area contributed by atoms with Crippen LogP contribution in [-0.2, 0) is 19.3 Å². The first-order chi connectivity index (χ1) is 8.36. The highest BCUT2D eigenvalue weighted by molar-refractivity contribution is 5.13. The zero-order valence-corrected chi connectivity index (χ0v) is 10.8. The predicted octanol–water partition coefficient (Wildman–Crippen LogP) is 0.968. The van der Waals surface area contributed by atoms with Gasteiger partial charge in [0.1, 0.15) is 5.69 Å². The zero-order valence-electron chi connectivity index (χ0n) is 10.8. The Morgan fingerprint density at radius 1 is 1.33 bits per heavy atom. The average Bonchev–Trinajstić information content (AvgIpc) is 2.60. The predicted molar refractivity (Wildman–Crippen MR) is 61.0 cm³/mol. The standard InChI is InChI=1S/C10H18F3N5/c1-14-7-8-9(10(11,12)13)18(16-15-8)6-4-5-17(2)3/h14H,4-7H2,1-3H3. The Labute approximate surface area is 104 Å². The highest BCUT2D eigenvalue weighted by Gasteiger charge is 2.38. The first-order valence-electron chi connectivity index (χ1n) is 5.65. The second-order valence-electron chi connectivity index (χ2n) is 4.29. The maximum absolute atomic E-state index is 12.9. The van der Waals surface area contributed by atoms with Crippen LogP contribution < -0.4 is 5.32 Å².